The van der Waals surface area contributed by atoms with Gasteiger partial charge in [-0.3, -0.25) is 13.9 Å². The number of amides is 1. The first-order chi connectivity index (χ1) is 13.9. The number of carbonyl (C=O) groups excluding carboxylic acids is 2. The average Bonchev–Trinajstić information content (AvgIpc) is 2.70. The number of alkyl halides is 3. The lowest BCUT2D eigenvalue weighted by molar-refractivity contribution is -0.137. The molecular weight excluding hydrogens is 425 g/mol. The summed E-state index contributed by atoms with van der Waals surface area (Å²) in [6, 6.07) is 10.6. The van der Waals surface area contributed by atoms with E-state index in [1.165, 1.54) is 62.6 Å². The molecule has 0 heterocycles. The largest absolute Gasteiger partial charge is 0.497 e. The van der Waals surface area contributed by atoms with Crippen LogP contribution < -0.4 is 14.4 Å². The van der Waals surface area contributed by atoms with Crippen molar-refractivity contribution in [1.82, 2.24) is 5.32 Å². The fourth-order valence-corrected chi connectivity index (χ4v) is 3.86. The second-order valence-electron chi connectivity index (χ2n) is 6.18. The van der Waals surface area contributed by atoms with Crippen molar-refractivity contribution in [1.29, 1.82) is 0 Å². The lowest BCUT2D eigenvalue weighted by Crippen LogP contribution is -2.43. The summed E-state index contributed by atoms with van der Waals surface area (Å²) in [6.07, 6.45) is -4.64. The Morgan fingerprint density at radius 1 is 1.03 bits per heavy atom. The molecule has 2 rings (SSSR count). The Hall–Kier alpha value is -3.08. The number of benzene rings is 2. The summed E-state index contributed by atoms with van der Waals surface area (Å²) in [5.74, 6) is -0.979. The highest BCUT2D eigenvalue weighted by atomic mass is 32.2. The molecule has 30 heavy (non-hydrogen) atoms. The Bertz CT molecular complexity index is 1000. The molecule has 7 nitrogen and oxygen atoms in total. The average molecular weight is 444 g/mol. The van der Waals surface area contributed by atoms with E-state index in [1.807, 2.05) is 0 Å². The van der Waals surface area contributed by atoms with Gasteiger partial charge < -0.3 is 10.1 Å². The van der Waals surface area contributed by atoms with Crippen LogP contribution in [0.2, 0.25) is 0 Å². The molecule has 162 valence electrons. The van der Waals surface area contributed by atoms with Crippen LogP contribution in [0.15, 0.2) is 53.4 Å². The quantitative estimate of drug-likeness (QED) is 0.632. The van der Waals surface area contributed by atoms with Crippen LogP contribution in [-0.2, 0) is 14.8 Å². The zero-order valence-electron chi connectivity index (χ0n) is 16.1. The van der Waals surface area contributed by atoms with Gasteiger partial charge in [0, 0.05) is 5.56 Å². The predicted octanol–water partition coefficient (Wildman–Crippen LogP) is 2.77. The van der Waals surface area contributed by atoms with E-state index in [9.17, 15) is 31.2 Å². The van der Waals surface area contributed by atoms with Gasteiger partial charge in [0.05, 0.1) is 17.7 Å². The third-order valence-electron chi connectivity index (χ3n) is 3.98. The minimum absolute atomic E-state index is 0.0496. The molecule has 1 N–H and O–H groups in total. The Balaban J connectivity index is 2.40. The molecule has 0 aliphatic carbocycles. The van der Waals surface area contributed by atoms with Gasteiger partial charge in [0.1, 0.15) is 18.8 Å². The van der Waals surface area contributed by atoms with Crippen LogP contribution in [0, 0.1) is 0 Å². The summed E-state index contributed by atoms with van der Waals surface area (Å²) in [7, 11) is -2.92. The predicted molar refractivity (Wildman–Crippen MR) is 103 cm³/mol. The highest BCUT2D eigenvalue weighted by molar-refractivity contribution is 7.92. The number of anilines is 1. The molecule has 0 fully saturated rings. The number of halogens is 3. The van der Waals surface area contributed by atoms with Crippen molar-refractivity contribution in [2.75, 3.05) is 24.5 Å². The van der Waals surface area contributed by atoms with Crippen molar-refractivity contribution in [2.24, 2.45) is 0 Å². The van der Waals surface area contributed by atoms with Gasteiger partial charge in [-0.15, -0.1) is 0 Å². The van der Waals surface area contributed by atoms with Crippen molar-refractivity contribution in [3.8, 4) is 5.75 Å². The standard InChI is InChI=1S/C19H19F3N2O5S/c1-13(25)14-3-9-17(10-4-14)30(27,28)24(11-18(26)23-12-19(20,21)22)15-5-7-16(29-2)8-6-15/h3-10H,11-12H2,1-2H3,(H,23,26). The third kappa shape index (κ3) is 5.96. The van der Waals surface area contributed by atoms with Crippen molar-refractivity contribution in [3.63, 3.8) is 0 Å². The minimum Gasteiger partial charge on any atom is -0.497 e. The molecule has 0 spiro atoms. The number of Topliss-reactive ketones (excluding diaryl/α,β-unsaturated/α-hetero) is 1. The Morgan fingerprint density at radius 2 is 1.60 bits per heavy atom. The van der Waals surface area contributed by atoms with Crippen molar-refractivity contribution in [3.05, 3.63) is 54.1 Å². The Labute approximate surface area is 171 Å². The van der Waals surface area contributed by atoms with E-state index < -0.39 is 35.2 Å². The van der Waals surface area contributed by atoms with Gasteiger partial charge in [0.15, 0.2) is 5.78 Å². The molecule has 0 atom stereocenters. The molecule has 1 amide bonds. The number of rotatable bonds is 8. The minimum atomic E-state index is -4.64. The molecule has 11 heteroatoms. The first kappa shape index (κ1) is 23.2. The Kier molecular flexibility index (Phi) is 7.08. The van der Waals surface area contributed by atoms with E-state index in [-0.39, 0.29) is 21.9 Å². The summed E-state index contributed by atoms with van der Waals surface area (Å²) < 4.78 is 69.0. The molecule has 0 saturated carbocycles. The molecule has 0 aliphatic heterocycles. The van der Waals surface area contributed by atoms with Crippen molar-refractivity contribution in [2.45, 2.75) is 18.0 Å². The van der Waals surface area contributed by atoms with Crippen LogP contribution in [0.3, 0.4) is 0 Å². The van der Waals surface area contributed by atoms with Gasteiger partial charge in [0.2, 0.25) is 5.91 Å². The van der Waals surface area contributed by atoms with Gasteiger partial charge in [-0.2, -0.15) is 13.2 Å². The molecule has 0 bridgehead atoms. The number of hydrogen-bond acceptors (Lipinski definition) is 5. The molecule has 2 aromatic carbocycles. The van der Waals surface area contributed by atoms with Crippen LogP contribution >= 0.6 is 0 Å². The second kappa shape index (κ2) is 9.16. The number of nitrogens with zero attached hydrogens (tertiary/aromatic N) is 1. The first-order valence-corrected chi connectivity index (χ1v) is 9.99. The number of methoxy groups -OCH3 is 1. The summed E-state index contributed by atoms with van der Waals surface area (Å²) in [4.78, 5) is 23.2. The molecule has 2 aromatic rings. The van der Waals surface area contributed by atoms with E-state index in [0.717, 1.165) is 0 Å². The van der Waals surface area contributed by atoms with E-state index in [1.54, 1.807) is 5.32 Å². The van der Waals surface area contributed by atoms with Gasteiger partial charge in [-0.05, 0) is 43.3 Å². The number of ketones is 1. The lowest BCUT2D eigenvalue weighted by Gasteiger charge is -2.24. The molecule has 0 aliphatic rings. The summed E-state index contributed by atoms with van der Waals surface area (Å²) in [5, 5.41) is 1.65. The van der Waals surface area contributed by atoms with Crippen LogP contribution in [0.25, 0.3) is 0 Å². The first-order valence-electron chi connectivity index (χ1n) is 8.55. The highest BCUT2D eigenvalue weighted by Gasteiger charge is 2.31. The van der Waals surface area contributed by atoms with E-state index >= 15 is 0 Å². The third-order valence-corrected chi connectivity index (χ3v) is 5.77. The normalized spacial score (nSPS) is 11.6. The number of nitrogens with one attached hydrogen (secondary N) is 1. The topological polar surface area (TPSA) is 92.8 Å². The van der Waals surface area contributed by atoms with Gasteiger partial charge >= 0.3 is 6.18 Å². The van der Waals surface area contributed by atoms with E-state index in [4.69, 9.17) is 4.74 Å². The zero-order chi connectivity index (χ0) is 22.5. The fraction of sp³-hybridized carbons (Fsp3) is 0.263. The van der Waals surface area contributed by atoms with Crippen LogP contribution in [0.5, 0.6) is 5.75 Å². The maximum absolute atomic E-state index is 13.1. The molecular formula is C19H19F3N2O5S. The summed E-state index contributed by atoms with van der Waals surface area (Å²) >= 11 is 0. The lowest BCUT2D eigenvalue weighted by atomic mass is 10.2. The number of carbonyl (C=O) groups is 2. The van der Waals surface area contributed by atoms with Gasteiger partial charge in [-0.25, -0.2) is 8.42 Å². The van der Waals surface area contributed by atoms with Crippen LogP contribution in [0.1, 0.15) is 17.3 Å². The summed E-state index contributed by atoms with van der Waals surface area (Å²) in [5.41, 5.74) is 0.335. The Morgan fingerprint density at radius 3 is 2.07 bits per heavy atom. The number of sulfonamides is 1. The molecule has 0 saturated heterocycles. The smallest absolute Gasteiger partial charge is 0.405 e. The zero-order valence-corrected chi connectivity index (χ0v) is 16.9. The molecule has 0 unspecified atom stereocenters. The molecule has 0 radical (unpaired) electrons. The van der Waals surface area contributed by atoms with Gasteiger partial charge in [-0.1, -0.05) is 12.1 Å². The number of ether oxygens (including phenoxy) is 1. The van der Waals surface area contributed by atoms with E-state index in [2.05, 4.69) is 0 Å². The monoisotopic (exact) mass is 444 g/mol. The highest BCUT2D eigenvalue weighted by Crippen LogP contribution is 2.26. The maximum atomic E-state index is 13.1. The van der Waals surface area contributed by atoms with Crippen LogP contribution in [0.4, 0.5) is 18.9 Å². The van der Waals surface area contributed by atoms with Crippen molar-refractivity contribution >= 4 is 27.4 Å². The van der Waals surface area contributed by atoms with Gasteiger partial charge in [0.25, 0.3) is 10.0 Å². The van der Waals surface area contributed by atoms with Crippen LogP contribution in [-0.4, -0.2) is 46.5 Å². The fourth-order valence-electron chi connectivity index (χ4n) is 2.44. The molecule has 0 aromatic heterocycles. The summed E-state index contributed by atoms with van der Waals surface area (Å²) in [6.45, 7) is -1.15. The van der Waals surface area contributed by atoms with E-state index in [0.29, 0.717) is 10.1 Å². The second-order valence-corrected chi connectivity index (χ2v) is 8.04. The SMILES string of the molecule is COc1ccc(N(CC(=O)NCC(F)(F)F)S(=O)(=O)c2ccc(C(C)=O)cc2)cc1. The number of hydrogen-bond donors (Lipinski definition) is 1. The van der Waals surface area contributed by atoms with Crippen molar-refractivity contribution < 1.29 is 35.9 Å². The maximum Gasteiger partial charge on any atom is 0.405 e.